The molecule has 4 rings (SSSR count). The van der Waals surface area contributed by atoms with Gasteiger partial charge in [0.05, 0.1) is 6.17 Å². The maximum absolute atomic E-state index is 14.3. The summed E-state index contributed by atoms with van der Waals surface area (Å²) < 4.78 is 14.3. The molecule has 0 aliphatic carbocycles. The molecule has 1 aliphatic rings. The highest BCUT2D eigenvalue weighted by Gasteiger charge is 2.34. The molecule has 144 valence electrons. The minimum atomic E-state index is -0.155. The molecule has 3 aromatic rings. The van der Waals surface area contributed by atoms with Crippen molar-refractivity contribution in [3.8, 4) is 0 Å². The van der Waals surface area contributed by atoms with Crippen LogP contribution in [0.3, 0.4) is 0 Å². The number of rotatable bonds is 5. The van der Waals surface area contributed by atoms with E-state index in [0.717, 1.165) is 35.8 Å². The van der Waals surface area contributed by atoms with E-state index in [4.69, 9.17) is 11.6 Å². The van der Waals surface area contributed by atoms with Crippen molar-refractivity contribution >= 4 is 11.6 Å². The first-order valence-electron chi connectivity index (χ1n) is 9.63. The van der Waals surface area contributed by atoms with Gasteiger partial charge in [-0.2, -0.15) is 0 Å². The molecule has 0 aromatic heterocycles. The van der Waals surface area contributed by atoms with E-state index in [1.165, 1.54) is 17.2 Å². The summed E-state index contributed by atoms with van der Waals surface area (Å²) in [4.78, 5) is 4.74. The molecule has 2 nitrogen and oxygen atoms in total. The first-order chi connectivity index (χ1) is 13.6. The van der Waals surface area contributed by atoms with Crippen molar-refractivity contribution in [2.45, 2.75) is 26.2 Å². The van der Waals surface area contributed by atoms with Gasteiger partial charge in [-0.3, -0.25) is 9.80 Å². The third kappa shape index (κ3) is 4.12. The van der Waals surface area contributed by atoms with Gasteiger partial charge in [0.1, 0.15) is 5.82 Å². The Kier molecular flexibility index (Phi) is 5.77. The van der Waals surface area contributed by atoms with Crippen molar-refractivity contribution in [2.75, 3.05) is 13.1 Å². The number of aryl methyl sites for hydroxylation is 1. The summed E-state index contributed by atoms with van der Waals surface area (Å²) in [6.07, 6.45) is 0.0228. The number of hydrogen-bond donors (Lipinski definition) is 0. The molecule has 4 heteroatoms. The molecule has 28 heavy (non-hydrogen) atoms. The summed E-state index contributed by atoms with van der Waals surface area (Å²) in [6.45, 7) is 5.29. The van der Waals surface area contributed by atoms with Crippen molar-refractivity contribution in [2.24, 2.45) is 0 Å². The lowest BCUT2D eigenvalue weighted by atomic mass is 10.1. The van der Waals surface area contributed by atoms with Crippen LogP contribution in [0.15, 0.2) is 72.8 Å². The van der Waals surface area contributed by atoms with Gasteiger partial charge in [-0.25, -0.2) is 4.39 Å². The average molecular weight is 395 g/mol. The van der Waals surface area contributed by atoms with Crippen LogP contribution in [0.5, 0.6) is 0 Å². The SMILES string of the molecule is Cc1ccc(CN2CCN(Cc3ccccc3F)[C@H]2c2ccccc2Cl)cc1. The quantitative estimate of drug-likeness (QED) is 0.539. The predicted molar refractivity (Wildman–Crippen MR) is 113 cm³/mol. The summed E-state index contributed by atoms with van der Waals surface area (Å²) in [7, 11) is 0. The molecule has 1 atom stereocenters. The predicted octanol–water partition coefficient (Wildman–Crippen LogP) is 5.80. The zero-order valence-corrected chi connectivity index (χ0v) is 16.7. The molecule has 0 spiro atoms. The molecule has 1 heterocycles. The molecule has 0 unspecified atom stereocenters. The van der Waals surface area contributed by atoms with Gasteiger partial charge in [0.15, 0.2) is 0 Å². The third-order valence-electron chi connectivity index (χ3n) is 5.39. The standard InChI is InChI=1S/C24H24ClFN2/c1-18-10-12-19(13-11-18)16-27-14-15-28(17-20-6-2-5-9-23(20)26)24(27)21-7-3-4-8-22(21)25/h2-13,24H,14-17H2,1H3/t24-/m0/s1. The summed E-state index contributed by atoms with van der Waals surface area (Å²) in [5.74, 6) is -0.155. The molecule has 1 fully saturated rings. The Morgan fingerprint density at radius 3 is 2.21 bits per heavy atom. The second-order valence-electron chi connectivity index (χ2n) is 7.41. The second kappa shape index (κ2) is 8.44. The Hall–Kier alpha value is -2.20. The Morgan fingerprint density at radius 2 is 1.50 bits per heavy atom. The van der Waals surface area contributed by atoms with Gasteiger partial charge < -0.3 is 0 Å². The number of nitrogens with zero attached hydrogens (tertiary/aromatic N) is 2. The zero-order valence-electron chi connectivity index (χ0n) is 16.0. The summed E-state index contributed by atoms with van der Waals surface area (Å²) >= 11 is 6.57. The van der Waals surface area contributed by atoms with Gasteiger partial charge in [0.25, 0.3) is 0 Å². The van der Waals surface area contributed by atoms with Gasteiger partial charge in [-0.15, -0.1) is 0 Å². The first kappa shape index (κ1) is 19.1. The molecule has 0 amide bonds. The lowest BCUT2D eigenvalue weighted by Crippen LogP contribution is -2.31. The van der Waals surface area contributed by atoms with E-state index in [0.29, 0.717) is 6.54 Å². The fourth-order valence-corrected chi connectivity index (χ4v) is 4.15. The van der Waals surface area contributed by atoms with Crippen molar-refractivity contribution in [3.63, 3.8) is 0 Å². The van der Waals surface area contributed by atoms with Crippen molar-refractivity contribution in [1.82, 2.24) is 9.80 Å². The molecule has 1 aliphatic heterocycles. The van der Waals surface area contributed by atoms with E-state index < -0.39 is 0 Å². The van der Waals surface area contributed by atoms with E-state index in [1.54, 1.807) is 6.07 Å². The van der Waals surface area contributed by atoms with Gasteiger partial charge in [0, 0.05) is 42.3 Å². The van der Waals surface area contributed by atoms with Gasteiger partial charge in [-0.1, -0.05) is 77.8 Å². The van der Waals surface area contributed by atoms with Gasteiger partial charge >= 0.3 is 0 Å². The van der Waals surface area contributed by atoms with E-state index >= 15 is 0 Å². The Balaban J connectivity index is 1.64. The lowest BCUT2D eigenvalue weighted by Gasteiger charge is -2.31. The van der Waals surface area contributed by atoms with Crippen molar-refractivity contribution in [1.29, 1.82) is 0 Å². The molecular formula is C24H24ClFN2. The maximum Gasteiger partial charge on any atom is 0.127 e. The number of benzene rings is 3. The summed E-state index contributed by atoms with van der Waals surface area (Å²) in [5, 5.41) is 0.752. The minimum absolute atomic E-state index is 0.0228. The van der Waals surface area contributed by atoms with Crippen LogP contribution in [0.2, 0.25) is 5.02 Å². The van der Waals surface area contributed by atoms with Crippen LogP contribution in [-0.4, -0.2) is 22.9 Å². The first-order valence-corrected chi connectivity index (χ1v) is 10.0. The largest absolute Gasteiger partial charge is 0.278 e. The Bertz CT molecular complexity index is 941. The normalized spacial score (nSPS) is 17.9. The fraction of sp³-hybridized carbons (Fsp3) is 0.250. The number of hydrogen-bond acceptors (Lipinski definition) is 2. The zero-order chi connectivity index (χ0) is 19.5. The monoisotopic (exact) mass is 394 g/mol. The highest BCUT2D eigenvalue weighted by atomic mass is 35.5. The van der Waals surface area contributed by atoms with Crippen LogP contribution in [-0.2, 0) is 13.1 Å². The topological polar surface area (TPSA) is 6.48 Å². The fourth-order valence-electron chi connectivity index (χ4n) is 3.91. The van der Waals surface area contributed by atoms with Crippen LogP contribution in [0, 0.1) is 12.7 Å². The highest BCUT2D eigenvalue weighted by molar-refractivity contribution is 6.31. The maximum atomic E-state index is 14.3. The average Bonchev–Trinajstić information content (AvgIpc) is 3.08. The summed E-state index contributed by atoms with van der Waals surface area (Å²) in [5.41, 5.74) is 4.33. The minimum Gasteiger partial charge on any atom is -0.278 e. The van der Waals surface area contributed by atoms with Crippen LogP contribution >= 0.6 is 11.6 Å². The molecule has 3 aromatic carbocycles. The van der Waals surface area contributed by atoms with E-state index in [1.807, 2.05) is 30.3 Å². The van der Waals surface area contributed by atoms with Gasteiger partial charge in [0.2, 0.25) is 0 Å². The van der Waals surface area contributed by atoms with Crippen molar-refractivity contribution in [3.05, 3.63) is 106 Å². The highest BCUT2D eigenvalue weighted by Crippen LogP contribution is 2.36. The Labute approximate surface area is 171 Å². The molecule has 0 bridgehead atoms. The molecule has 0 N–H and O–H groups in total. The van der Waals surface area contributed by atoms with E-state index in [-0.39, 0.29) is 12.0 Å². The summed E-state index contributed by atoms with van der Waals surface area (Å²) in [6, 6.07) is 23.6. The molecule has 1 saturated heterocycles. The lowest BCUT2D eigenvalue weighted by molar-refractivity contribution is 0.125. The van der Waals surface area contributed by atoms with Crippen LogP contribution in [0.25, 0.3) is 0 Å². The van der Waals surface area contributed by atoms with Crippen molar-refractivity contribution < 1.29 is 4.39 Å². The van der Waals surface area contributed by atoms with Gasteiger partial charge in [-0.05, 0) is 24.6 Å². The second-order valence-corrected chi connectivity index (χ2v) is 7.82. The third-order valence-corrected chi connectivity index (χ3v) is 5.73. The van der Waals surface area contributed by atoms with Crippen LogP contribution in [0.1, 0.15) is 28.4 Å². The van der Waals surface area contributed by atoms with Crippen LogP contribution in [0.4, 0.5) is 4.39 Å². The molecule has 0 radical (unpaired) electrons. The molecular weight excluding hydrogens is 371 g/mol. The number of halogens is 2. The molecule has 0 saturated carbocycles. The van der Waals surface area contributed by atoms with E-state index in [9.17, 15) is 4.39 Å². The van der Waals surface area contributed by atoms with Crippen LogP contribution < -0.4 is 0 Å². The smallest absolute Gasteiger partial charge is 0.127 e. The Morgan fingerprint density at radius 1 is 0.857 bits per heavy atom. The van der Waals surface area contributed by atoms with E-state index in [2.05, 4.69) is 47.1 Å².